The number of nitrogens with one attached hydrogen (secondary N) is 1. The molecule has 0 saturated heterocycles. The number of unbranched alkanes of at least 4 members (excludes halogenated alkanes) is 6. The zero-order valence-corrected chi connectivity index (χ0v) is 15.1. The molecular weight excluding hydrogens is 270 g/mol. The third-order valence-electron chi connectivity index (χ3n) is 3.54. The molecule has 0 heterocycles. The normalized spacial score (nSPS) is 10.1. The van der Waals surface area contributed by atoms with Crippen LogP contribution in [0.4, 0.5) is 0 Å². The predicted molar refractivity (Wildman–Crippen MR) is 98.3 cm³/mol. The second-order valence-corrected chi connectivity index (χ2v) is 5.57. The van der Waals surface area contributed by atoms with Crippen LogP contribution in [0.2, 0.25) is 0 Å². The van der Waals surface area contributed by atoms with Crippen LogP contribution in [0, 0.1) is 0 Å². The van der Waals surface area contributed by atoms with Gasteiger partial charge >= 0.3 is 0 Å². The second kappa shape index (κ2) is 18.2. The second-order valence-electron chi connectivity index (χ2n) is 5.57. The summed E-state index contributed by atoms with van der Waals surface area (Å²) in [6.45, 7) is 10.1. The van der Waals surface area contributed by atoms with Crippen LogP contribution in [0.15, 0.2) is 30.3 Å². The SMILES string of the molecule is CCCCCCCCCNCc1ccccc1.CCOCC. The van der Waals surface area contributed by atoms with Gasteiger partial charge in [-0.05, 0) is 32.4 Å². The average molecular weight is 308 g/mol. The van der Waals surface area contributed by atoms with Crippen molar-refractivity contribution in [3.8, 4) is 0 Å². The molecule has 0 amide bonds. The summed E-state index contributed by atoms with van der Waals surface area (Å²) in [6.07, 6.45) is 9.71. The molecule has 0 atom stereocenters. The fourth-order valence-electron chi connectivity index (χ4n) is 2.24. The molecule has 0 spiro atoms. The van der Waals surface area contributed by atoms with E-state index in [1.807, 2.05) is 13.8 Å². The highest BCUT2D eigenvalue weighted by Crippen LogP contribution is 2.06. The molecule has 0 radical (unpaired) electrons. The van der Waals surface area contributed by atoms with Gasteiger partial charge in [0.05, 0.1) is 0 Å². The molecule has 0 aliphatic heterocycles. The molecule has 0 fully saturated rings. The van der Waals surface area contributed by atoms with E-state index < -0.39 is 0 Å². The maximum Gasteiger partial charge on any atom is 0.0437 e. The van der Waals surface area contributed by atoms with Crippen LogP contribution in [0.25, 0.3) is 0 Å². The van der Waals surface area contributed by atoms with Crippen molar-refractivity contribution in [2.24, 2.45) is 0 Å². The number of rotatable bonds is 12. The summed E-state index contributed by atoms with van der Waals surface area (Å²) >= 11 is 0. The third-order valence-corrected chi connectivity index (χ3v) is 3.54. The van der Waals surface area contributed by atoms with E-state index in [4.69, 9.17) is 4.74 Å². The molecule has 128 valence electrons. The first-order chi connectivity index (χ1) is 10.8. The molecule has 2 heteroatoms. The molecule has 1 N–H and O–H groups in total. The van der Waals surface area contributed by atoms with E-state index in [2.05, 4.69) is 42.6 Å². The van der Waals surface area contributed by atoms with Crippen LogP contribution in [0.1, 0.15) is 71.3 Å². The highest BCUT2D eigenvalue weighted by molar-refractivity contribution is 5.14. The minimum absolute atomic E-state index is 0.844. The van der Waals surface area contributed by atoms with Gasteiger partial charge in [-0.1, -0.05) is 75.8 Å². The van der Waals surface area contributed by atoms with Crippen molar-refractivity contribution in [1.82, 2.24) is 5.32 Å². The molecule has 1 rings (SSSR count). The van der Waals surface area contributed by atoms with Crippen LogP contribution in [0.5, 0.6) is 0 Å². The van der Waals surface area contributed by atoms with E-state index in [1.54, 1.807) is 0 Å². The summed E-state index contributed by atoms with van der Waals surface area (Å²) in [4.78, 5) is 0. The van der Waals surface area contributed by atoms with Crippen molar-refractivity contribution < 1.29 is 4.74 Å². The molecule has 0 bridgehead atoms. The Morgan fingerprint density at radius 3 is 1.91 bits per heavy atom. The molecular formula is C20H37NO. The van der Waals surface area contributed by atoms with E-state index in [9.17, 15) is 0 Å². The molecule has 0 aromatic heterocycles. The fraction of sp³-hybridized carbons (Fsp3) is 0.700. The summed E-state index contributed by atoms with van der Waals surface area (Å²) in [7, 11) is 0. The summed E-state index contributed by atoms with van der Waals surface area (Å²) in [5, 5.41) is 3.50. The Balaban J connectivity index is 0.000000763. The molecule has 22 heavy (non-hydrogen) atoms. The smallest absolute Gasteiger partial charge is 0.0437 e. The maximum atomic E-state index is 4.83. The average Bonchev–Trinajstić information content (AvgIpc) is 2.56. The Morgan fingerprint density at radius 1 is 0.773 bits per heavy atom. The van der Waals surface area contributed by atoms with Gasteiger partial charge in [-0.15, -0.1) is 0 Å². The highest BCUT2D eigenvalue weighted by atomic mass is 16.5. The summed E-state index contributed by atoms with van der Waals surface area (Å²) in [5.74, 6) is 0. The molecule has 0 aliphatic rings. The highest BCUT2D eigenvalue weighted by Gasteiger charge is 1.92. The Morgan fingerprint density at radius 2 is 1.36 bits per heavy atom. The van der Waals surface area contributed by atoms with Crippen molar-refractivity contribution in [3.63, 3.8) is 0 Å². The lowest BCUT2D eigenvalue weighted by Gasteiger charge is -2.04. The first-order valence-corrected chi connectivity index (χ1v) is 9.17. The van der Waals surface area contributed by atoms with Gasteiger partial charge in [0.25, 0.3) is 0 Å². The van der Waals surface area contributed by atoms with Gasteiger partial charge in [0.15, 0.2) is 0 Å². The van der Waals surface area contributed by atoms with Gasteiger partial charge in [0, 0.05) is 19.8 Å². The zero-order chi connectivity index (χ0) is 16.3. The Bertz CT molecular complexity index is 298. The van der Waals surface area contributed by atoms with Crippen LogP contribution in [-0.4, -0.2) is 19.8 Å². The Labute approximate surface area is 138 Å². The van der Waals surface area contributed by atoms with Gasteiger partial charge in [0.2, 0.25) is 0 Å². The van der Waals surface area contributed by atoms with Gasteiger partial charge in [-0.2, -0.15) is 0 Å². The standard InChI is InChI=1S/C16H27N.C4H10O/c1-2-3-4-5-6-7-11-14-17-15-16-12-9-8-10-13-16;1-3-5-4-2/h8-10,12-13,17H,2-7,11,14-15H2,1H3;3-4H2,1-2H3. The number of hydrogen-bond acceptors (Lipinski definition) is 2. The number of hydrogen-bond donors (Lipinski definition) is 1. The van der Waals surface area contributed by atoms with Crippen LogP contribution >= 0.6 is 0 Å². The molecule has 0 aliphatic carbocycles. The predicted octanol–water partition coefficient (Wildman–Crippen LogP) is 5.57. The largest absolute Gasteiger partial charge is 0.382 e. The van der Waals surface area contributed by atoms with Crippen LogP contribution in [-0.2, 0) is 11.3 Å². The molecule has 2 nitrogen and oxygen atoms in total. The lowest BCUT2D eigenvalue weighted by atomic mass is 10.1. The van der Waals surface area contributed by atoms with Crippen molar-refractivity contribution >= 4 is 0 Å². The summed E-state index contributed by atoms with van der Waals surface area (Å²) in [6, 6.07) is 10.6. The molecule has 1 aromatic carbocycles. The van der Waals surface area contributed by atoms with Crippen molar-refractivity contribution in [1.29, 1.82) is 0 Å². The minimum atomic E-state index is 0.844. The monoisotopic (exact) mass is 307 g/mol. The van der Waals surface area contributed by atoms with Gasteiger partial charge in [-0.25, -0.2) is 0 Å². The zero-order valence-electron chi connectivity index (χ0n) is 15.1. The van der Waals surface area contributed by atoms with Crippen molar-refractivity contribution in [2.75, 3.05) is 19.8 Å². The lowest BCUT2D eigenvalue weighted by molar-refractivity contribution is 0.162. The fourth-order valence-corrected chi connectivity index (χ4v) is 2.24. The van der Waals surface area contributed by atoms with E-state index in [0.717, 1.165) is 26.3 Å². The first kappa shape index (κ1) is 21.1. The number of benzene rings is 1. The first-order valence-electron chi connectivity index (χ1n) is 9.17. The van der Waals surface area contributed by atoms with E-state index in [0.29, 0.717) is 0 Å². The maximum absolute atomic E-state index is 4.83. The molecule has 0 unspecified atom stereocenters. The van der Waals surface area contributed by atoms with E-state index in [1.165, 1.54) is 50.5 Å². The van der Waals surface area contributed by atoms with Gasteiger partial charge < -0.3 is 10.1 Å². The Kier molecular flexibility index (Phi) is 17.5. The summed E-state index contributed by atoms with van der Waals surface area (Å²) < 4.78 is 4.83. The molecule has 0 saturated carbocycles. The number of ether oxygens (including phenoxy) is 1. The van der Waals surface area contributed by atoms with Crippen molar-refractivity contribution in [2.45, 2.75) is 72.3 Å². The third kappa shape index (κ3) is 15.5. The topological polar surface area (TPSA) is 21.3 Å². The van der Waals surface area contributed by atoms with Gasteiger partial charge in [0.1, 0.15) is 0 Å². The molecule has 1 aromatic rings. The van der Waals surface area contributed by atoms with E-state index in [-0.39, 0.29) is 0 Å². The lowest BCUT2D eigenvalue weighted by Crippen LogP contribution is -2.14. The van der Waals surface area contributed by atoms with Crippen molar-refractivity contribution in [3.05, 3.63) is 35.9 Å². The van der Waals surface area contributed by atoms with E-state index >= 15 is 0 Å². The summed E-state index contributed by atoms with van der Waals surface area (Å²) in [5.41, 5.74) is 1.38. The van der Waals surface area contributed by atoms with Gasteiger partial charge in [-0.3, -0.25) is 0 Å². The quantitative estimate of drug-likeness (QED) is 0.510. The minimum Gasteiger partial charge on any atom is -0.382 e. The van der Waals surface area contributed by atoms with Crippen LogP contribution < -0.4 is 5.32 Å². The Hall–Kier alpha value is -0.860. The van der Waals surface area contributed by atoms with Crippen LogP contribution in [0.3, 0.4) is 0 Å².